The summed E-state index contributed by atoms with van der Waals surface area (Å²) in [6, 6.07) is 2.79. The molecular weight excluding hydrogens is 250 g/mol. The van der Waals surface area contributed by atoms with E-state index >= 15 is 0 Å². The summed E-state index contributed by atoms with van der Waals surface area (Å²) in [6.07, 6.45) is 2.30. The molecule has 104 valence electrons. The highest BCUT2D eigenvalue weighted by molar-refractivity contribution is 5.75. The molecule has 7 nitrogen and oxygen atoms in total. The number of pyridine rings is 1. The molecule has 0 saturated carbocycles. The van der Waals surface area contributed by atoms with E-state index in [2.05, 4.69) is 10.3 Å². The third kappa shape index (κ3) is 3.18. The molecule has 19 heavy (non-hydrogen) atoms. The third-order valence-electron chi connectivity index (χ3n) is 3.38. The first-order valence-electron chi connectivity index (χ1n) is 6.03. The Morgan fingerprint density at radius 3 is 2.63 bits per heavy atom. The molecule has 0 aromatic carbocycles. The monoisotopic (exact) mass is 267 g/mol. The molecule has 2 N–H and O–H groups in total. The van der Waals surface area contributed by atoms with E-state index in [-0.39, 0.29) is 18.1 Å². The fourth-order valence-corrected chi connectivity index (χ4v) is 1.81. The zero-order valence-corrected chi connectivity index (χ0v) is 10.9. The van der Waals surface area contributed by atoms with Crippen molar-refractivity contribution in [2.75, 3.05) is 11.9 Å². The van der Waals surface area contributed by atoms with Crippen LogP contribution in [-0.4, -0.2) is 27.5 Å². The van der Waals surface area contributed by atoms with Gasteiger partial charge in [0.25, 0.3) is 0 Å². The Kier molecular flexibility index (Phi) is 4.80. The van der Waals surface area contributed by atoms with Crippen molar-refractivity contribution in [2.24, 2.45) is 5.41 Å². The first-order chi connectivity index (χ1) is 8.96. The Balaban J connectivity index is 2.92. The van der Waals surface area contributed by atoms with Crippen LogP contribution >= 0.6 is 0 Å². The highest BCUT2D eigenvalue weighted by Crippen LogP contribution is 2.29. The van der Waals surface area contributed by atoms with Crippen molar-refractivity contribution >= 4 is 17.5 Å². The van der Waals surface area contributed by atoms with Crippen LogP contribution in [0.3, 0.4) is 0 Å². The molecule has 1 aromatic rings. The molecule has 0 radical (unpaired) electrons. The van der Waals surface area contributed by atoms with Crippen molar-refractivity contribution in [3.05, 3.63) is 28.4 Å². The summed E-state index contributed by atoms with van der Waals surface area (Å²) in [7, 11) is 0. The van der Waals surface area contributed by atoms with Gasteiger partial charge in [-0.05, 0) is 18.9 Å². The Labute approximate surface area is 110 Å². The topological polar surface area (TPSA) is 105 Å². The number of carboxylic acid groups (broad SMARTS) is 1. The fraction of sp³-hybridized carbons (Fsp3) is 0.500. The van der Waals surface area contributed by atoms with E-state index in [1.807, 2.05) is 0 Å². The normalized spacial score (nSPS) is 11.1. The van der Waals surface area contributed by atoms with Crippen LogP contribution in [-0.2, 0) is 4.79 Å². The Bertz CT molecular complexity index is 472. The number of nitrogens with one attached hydrogen (secondary N) is 1. The Morgan fingerprint density at radius 2 is 2.16 bits per heavy atom. The van der Waals surface area contributed by atoms with Crippen LogP contribution in [0.5, 0.6) is 0 Å². The summed E-state index contributed by atoms with van der Waals surface area (Å²) >= 11 is 0. The van der Waals surface area contributed by atoms with Crippen molar-refractivity contribution in [3.63, 3.8) is 0 Å². The highest BCUT2D eigenvalue weighted by Gasteiger charge is 2.35. The van der Waals surface area contributed by atoms with Gasteiger partial charge in [-0.1, -0.05) is 13.8 Å². The summed E-state index contributed by atoms with van der Waals surface area (Å²) in [5.41, 5.74) is -1.10. The van der Waals surface area contributed by atoms with Crippen molar-refractivity contribution in [1.82, 2.24) is 4.98 Å². The molecule has 0 aliphatic heterocycles. The first-order valence-corrected chi connectivity index (χ1v) is 6.03. The van der Waals surface area contributed by atoms with Gasteiger partial charge < -0.3 is 10.4 Å². The lowest BCUT2D eigenvalue weighted by molar-refractivity contribution is -0.384. The number of hydrogen-bond donors (Lipinski definition) is 2. The van der Waals surface area contributed by atoms with E-state index in [0.29, 0.717) is 12.8 Å². The number of carbonyl (C=O) groups is 1. The third-order valence-corrected chi connectivity index (χ3v) is 3.38. The van der Waals surface area contributed by atoms with E-state index in [9.17, 15) is 20.0 Å². The number of aliphatic carboxylic acids is 1. The second-order valence-electron chi connectivity index (χ2n) is 4.27. The van der Waals surface area contributed by atoms with E-state index < -0.39 is 16.3 Å². The number of aromatic nitrogens is 1. The van der Waals surface area contributed by atoms with Gasteiger partial charge in [-0.15, -0.1) is 0 Å². The van der Waals surface area contributed by atoms with Crippen molar-refractivity contribution in [1.29, 1.82) is 0 Å². The van der Waals surface area contributed by atoms with Gasteiger partial charge in [0.15, 0.2) is 0 Å². The van der Waals surface area contributed by atoms with Gasteiger partial charge in [-0.25, -0.2) is 4.98 Å². The molecule has 1 rings (SSSR count). The molecule has 0 saturated heterocycles. The maximum absolute atomic E-state index is 11.3. The molecule has 0 spiro atoms. The lowest BCUT2D eigenvalue weighted by atomic mass is 9.82. The smallest absolute Gasteiger partial charge is 0.311 e. The SMILES string of the molecule is CCC(CC)(CNc1ncccc1[N+](=O)[O-])C(=O)O. The average molecular weight is 267 g/mol. The Morgan fingerprint density at radius 1 is 1.53 bits per heavy atom. The second kappa shape index (κ2) is 6.12. The van der Waals surface area contributed by atoms with Gasteiger partial charge in [0.1, 0.15) is 0 Å². The first kappa shape index (κ1) is 14.9. The fourth-order valence-electron chi connectivity index (χ4n) is 1.81. The second-order valence-corrected chi connectivity index (χ2v) is 4.27. The molecule has 7 heteroatoms. The van der Waals surface area contributed by atoms with Crippen LogP contribution in [0.15, 0.2) is 18.3 Å². The van der Waals surface area contributed by atoms with E-state index in [4.69, 9.17) is 0 Å². The van der Waals surface area contributed by atoms with Crippen molar-refractivity contribution in [2.45, 2.75) is 26.7 Å². The summed E-state index contributed by atoms with van der Waals surface area (Å²) < 4.78 is 0. The number of rotatable bonds is 7. The number of carboxylic acids is 1. The van der Waals surface area contributed by atoms with Gasteiger partial charge in [-0.2, -0.15) is 0 Å². The minimum Gasteiger partial charge on any atom is -0.481 e. The lowest BCUT2D eigenvalue weighted by Crippen LogP contribution is -2.37. The summed E-state index contributed by atoms with van der Waals surface area (Å²) in [5, 5.41) is 22.9. The van der Waals surface area contributed by atoms with Crippen LogP contribution in [0.1, 0.15) is 26.7 Å². The molecule has 0 aliphatic carbocycles. The zero-order chi connectivity index (χ0) is 14.5. The number of anilines is 1. The largest absolute Gasteiger partial charge is 0.481 e. The maximum atomic E-state index is 11.3. The number of nitro groups is 1. The molecule has 0 amide bonds. The molecular formula is C12H17N3O4. The molecule has 0 aliphatic rings. The lowest BCUT2D eigenvalue weighted by Gasteiger charge is -2.26. The molecule has 0 atom stereocenters. The summed E-state index contributed by atoms with van der Waals surface area (Å²) in [5.74, 6) is -0.816. The van der Waals surface area contributed by atoms with Crippen LogP contribution in [0.2, 0.25) is 0 Å². The van der Waals surface area contributed by atoms with Gasteiger partial charge in [0.2, 0.25) is 5.82 Å². The predicted octanol–water partition coefficient (Wildman–Crippen LogP) is 2.29. The quantitative estimate of drug-likeness (QED) is 0.580. The molecule has 1 heterocycles. The molecule has 0 fully saturated rings. The molecule has 0 bridgehead atoms. The molecule has 0 unspecified atom stereocenters. The van der Waals surface area contributed by atoms with Crippen LogP contribution < -0.4 is 5.32 Å². The van der Waals surface area contributed by atoms with Crippen LogP contribution in [0, 0.1) is 15.5 Å². The minimum atomic E-state index is -0.939. The Hall–Kier alpha value is -2.18. The van der Waals surface area contributed by atoms with Crippen molar-refractivity contribution < 1.29 is 14.8 Å². The van der Waals surface area contributed by atoms with E-state index in [1.165, 1.54) is 18.3 Å². The highest BCUT2D eigenvalue weighted by atomic mass is 16.6. The van der Waals surface area contributed by atoms with Crippen LogP contribution in [0.4, 0.5) is 11.5 Å². The van der Waals surface area contributed by atoms with Gasteiger partial charge >= 0.3 is 11.7 Å². The maximum Gasteiger partial charge on any atom is 0.311 e. The molecule has 1 aromatic heterocycles. The summed E-state index contributed by atoms with van der Waals surface area (Å²) in [6.45, 7) is 3.67. The number of hydrogen-bond acceptors (Lipinski definition) is 5. The van der Waals surface area contributed by atoms with Gasteiger partial charge in [0, 0.05) is 18.8 Å². The van der Waals surface area contributed by atoms with Crippen molar-refractivity contribution in [3.8, 4) is 0 Å². The standard InChI is InChI=1S/C12H17N3O4/c1-3-12(4-2,11(16)17)8-14-10-9(15(18)19)6-5-7-13-10/h5-7H,3-4,8H2,1-2H3,(H,13,14)(H,16,17). The van der Waals surface area contributed by atoms with Gasteiger partial charge in [-0.3, -0.25) is 14.9 Å². The zero-order valence-electron chi connectivity index (χ0n) is 10.9. The predicted molar refractivity (Wildman–Crippen MR) is 70.0 cm³/mol. The average Bonchev–Trinajstić information content (AvgIpc) is 2.40. The van der Waals surface area contributed by atoms with E-state index in [0.717, 1.165) is 0 Å². The summed E-state index contributed by atoms with van der Waals surface area (Å²) in [4.78, 5) is 25.5. The van der Waals surface area contributed by atoms with E-state index in [1.54, 1.807) is 13.8 Å². The number of nitrogens with zero attached hydrogens (tertiary/aromatic N) is 2. The van der Waals surface area contributed by atoms with Crippen LogP contribution in [0.25, 0.3) is 0 Å². The van der Waals surface area contributed by atoms with Gasteiger partial charge in [0.05, 0.1) is 10.3 Å². The minimum absolute atomic E-state index is 0.0972.